The van der Waals surface area contributed by atoms with Crippen LogP contribution in [-0.4, -0.2) is 31.7 Å². The van der Waals surface area contributed by atoms with Crippen LogP contribution in [0.4, 0.5) is 4.39 Å². The minimum absolute atomic E-state index is 0.0141. The number of nitrogens with zero attached hydrogens (tertiary/aromatic N) is 4. The molecule has 3 aromatic rings. The Morgan fingerprint density at radius 3 is 2.92 bits per heavy atom. The highest BCUT2D eigenvalue weighted by molar-refractivity contribution is 5.94. The number of aryl methyl sites for hydroxylation is 1. The zero-order valence-electron chi connectivity index (χ0n) is 14.4. The molecule has 0 fully saturated rings. The monoisotopic (exact) mass is 354 g/mol. The summed E-state index contributed by atoms with van der Waals surface area (Å²) in [4.78, 5) is 14.4. The van der Waals surface area contributed by atoms with Gasteiger partial charge in [0.15, 0.2) is 0 Å². The van der Waals surface area contributed by atoms with Crippen molar-refractivity contribution < 1.29 is 13.9 Å². The van der Waals surface area contributed by atoms with Crippen molar-refractivity contribution in [1.82, 2.24) is 19.2 Å². The van der Waals surface area contributed by atoms with Crippen molar-refractivity contribution in [2.75, 3.05) is 6.54 Å². The van der Waals surface area contributed by atoms with E-state index in [0.29, 0.717) is 31.1 Å². The molecule has 7 heteroatoms. The molecule has 134 valence electrons. The average molecular weight is 354 g/mol. The summed E-state index contributed by atoms with van der Waals surface area (Å²) in [6.07, 6.45) is 3.68. The van der Waals surface area contributed by atoms with Crippen molar-refractivity contribution >= 4 is 5.91 Å². The molecule has 0 atom stereocenters. The summed E-state index contributed by atoms with van der Waals surface area (Å²) in [5.41, 5.74) is 2.36. The molecule has 0 N–H and O–H groups in total. The van der Waals surface area contributed by atoms with Gasteiger partial charge < -0.3 is 14.2 Å². The minimum atomic E-state index is -0.287. The third kappa shape index (κ3) is 3.33. The predicted octanol–water partition coefficient (Wildman–Crippen LogP) is 2.60. The number of ether oxygens (including phenoxy) is 1. The molecule has 1 aromatic carbocycles. The average Bonchev–Trinajstić information content (AvgIpc) is 3.24. The van der Waals surface area contributed by atoms with Crippen molar-refractivity contribution in [3.63, 3.8) is 0 Å². The molecule has 1 amide bonds. The van der Waals surface area contributed by atoms with Gasteiger partial charge in [0.2, 0.25) is 5.88 Å². The molecule has 4 rings (SSSR count). The summed E-state index contributed by atoms with van der Waals surface area (Å²) in [7, 11) is 1.89. The van der Waals surface area contributed by atoms with Gasteiger partial charge >= 0.3 is 0 Å². The number of carbonyl (C=O) groups excluding carboxylic acids is 1. The van der Waals surface area contributed by atoms with E-state index in [0.717, 1.165) is 11.3 Å². The Morgan fingerprint density at radius 1 is 1.27 bits per heavy atom. The summed E-state index contributed by atoms with van der Waals surface area (Å²) in [5.74, 6) is 0.212. The first-order valence-electron chi connectivity index (χ1n) is 8.44. The number of halogens is 1. The van der Waals surface area contributed by atoms with E-state index in [2.05, 4.69) is 5.10 Å². The lowest BCUT2D eigenvalue weighted by atomic mass is 10.2. The number of carbonyl (C=O) groups is 1. The van der Waals surface area contributed by atoms with Gasteiger partial charge in [-0.1, -0.05) is 12.1 Å². The number of hydrogen-bond donors (Lipinski definition) is 0. The molecule has 0 spiro atoms. The number of aromatic nitrogens is 3. The van der Waals surface area contributed by atoms with Crippen LogP contribution in [-0.2, 0) is 26.7 Å². The molecular weight excluding hydrogens is 335 g/mol. The maximum Gasteiger partial charge on any atom is 0.255 e. The molecule has 2 aromatic heterocycles. The molecule has 0 bridgehead atoms. The summed E-state index contributed by atoms with van der Waals surface area (Å²) in [5, 5.41) is 4.42. The van der Waals surface area contributed by atoms with Crippen molar-refractivity contribution in [3.05, 3.63) is 71.4 Å². The van der Waals surface area contributed by atoms with Crippen LogP contribution < -0.4 is 4.74 Å². The van der Waals surface area contributed by atoms with E-state index in [-0.39, 0.29) is 18.3 Å². The second-order valence-electron chi connectivity index (χ2n) is 6.41. The highest BCUT2D eigenvalue weighted by atomic mass is 19.1. The molecule has 26 heavy (non-hydrogen) atoms. The fraction of sp³-hybridized carbons (Fsp3) is 0.263. The Labute approximate surface area is 150 Å². The van der Waals surface area contributed by atoms with Gasteiger partial charge in [-0.3, -0.25) is 9.48 Å². The molecule has 1 aliphatic heterocycles. The Balaban J connectivity index is 1.43. The van der Waals surface area contributed by atoms with Crippen LogP contribution in [0.25, 0.3) is 0 Å². The third-order valence-electron chi connectivity index (χ3n) is 4.42. The van der Waals surface area contributed by atoms with Crippen LogP contribution in [0.5, 0.6) is 5.88 Å². The SMILES string of the molecule is Cn1ccc(C(=O)N2CCn3nc(OCc4cccc(F)c4)cc3C2)c1. The predicted molar refractivity (Wildman–Crippen MR) is 93.1 cm³/mol. The first-order chi connectivity index (χ1) is 12.6. The largest absolute Gasteiger partial charge is 0.472 e. The summed E-state index contributed by atoms with van der Waals surface area (Å²) < 4.78 is 22.6. The molecule has 0 saturated carbocycles. The van der Waals surface area contributed by atoms with Crippen molar-refractivity contribution in [2.45, 2.75) is 19.7 Å². The number of rotatable bonds is 4. The van der Waals surface area contributed by atoms with E-state index >= 15 is 0 Å². The Morgan fingerprint density at radius 2 is 2.15 bits per heavy atom. The van der Waals surface area contributed by atoms with Gasteiger partial charge in [0, 0.05) is 32.1 Å². The van der Waals surface area contributed by atoms with Gasteiger partial charge in [-0.15, -0.1) is 5.10 Å². The smallest absolute Gasteiger partial charge is 0.255 e. The lowest BCUT2D eigenvalue weighted by molar-refractivity contribution is 0.0706. The molecule has 0 saturated heterocycles. The van der Waals surface area contributed by atoms with Crippen LogP contribution in [0.15, 0.2) is 48.8 Å². The van der Waals surface area contributed by atoms with E-state index in [1.54, 1.807) is 12.1 Å². The minimum Gasteiger partial charge on any atom is -0.472 e. The molecule has 3 heterocycles. The Hall–Kier alpha value is -3.09. The van der Waals surface area contributed by atoms with Gasteiger partial charge in [0.1, 0.15) is 12.4 Å². The zero-order chi connectivity index (χ0) is 18.1. The van der Waals surface area contributed by atoms with Crippen LogP contribution in [0, 0.1) is 5.82 Å². The van der Waals surface area contributed by atoms with Crippen molar-refractivity contribution in [2.24, 2.45) is 7.05 Å². The molecule has 6 nitrogen and oxygen atoms in total. The molecular formula is C19H19FN4O2. The van der Waals surface area contributed by atoms with Crippen LogP contribution >= 0.6 is 0 Å². The zero-order valence-corrected chi connectivity index (χ0v) is 14.4. The molecule has 0 aliphatic carbocycles. The summed E-state index contributed by atoms with van der Waals surface area (Å²) in [6, 6.07) is 9.96. The number of fused-ring (bicyclic) bond motifs is 1. The number of benzene rings is 1. The van der Waals surface area contributed by atoms with Gasteiger partial charge in [0.25, 0.3) is 5.91 Å². The lowest BCUT2D eigenvalue weighted by Crippen LogP contribution is -2.38. The van der Waals surface area contributed by atoms with Gasteiger partial charge in [-0.25, -0.2) is 4.39 Å². The molecule has 0 unspecified atom stereocenters. The number of hydrogen-bond acceptors (Lipinski definition) is 3. The standard InChI is InChI=1S/C19H19FN4O2/c1-22-6-5-15(11-22)19(25)23-7-8-24-17(12-23)10-18(21-24)26-13-14-3-2-4-16(20)9-14/h2-6,9-11H,7-8,12-13H2,1H3. The molecule has 1 aliphatic rings. The lowest BCUT2D eigenvalue weighted by Gasteiger charge is -2.27. The fourth-order valence-corrected chi connectivity index (χ4v) is 3.08. The van der Waals surface area contributed by atoms with Gasteiger partial charge in [-0.05, 0) is 23.8 Å². The van der Waals surface area contributed by atoms with Crippen molar-refractivity contribution in [1.29, 1.82) is 0 Å². The maximum absolute atomic E-state index is 13.2. The number of amides is 1. The first kappa shape index (κ1) is 16.4. The maximum atomic E-state index is 13.2. The van der Waals surface area contributed by atoms with E-state index in [1.807, 2.05) is 45.7 Å². The quantitative estimate of drug-likeness (QED) is 0.724. The summed E-state index contributed by atoms with van der Waals surface area (Å²) >= 11 is 0. The van der Waals surface area contributed by atoms with Crippen LogP contribution in [0.3, 0.4) is 0 Å². The van der Waals surface area contributed by atoms with Gasteiger partial charge in [-0.2, -0.15) is 0 Å². The Bertz CT molecular complexity index is 947. The second-order valence-corrected chi connectivity index (χ2v) is 6.41. The highest BCUT2D eigenvalue weighted by Crippen LogP contribution is 2.20. The first-order valence-corrected chi connectivity index (χ1v) is 8.44. The van der Waals surface area contributed by atoms with Gasteiger partial charge in [0.05, 0.1) is 24.3 Å². The van der Waals surface area contributed by atoms with Crippen molar-refractivity contribution in [3.8, 4) is 5.88 Å². The highest BCUT2D eigenvalue weighted by Gasteiger charge is 2.24. The second kappa shape index (κ2) is 6.67. The normalized spacial score (nSPS) is 13.5. The third-order valence-corrected chi connectivity index (χ3v) is 4.42. The fourth-order valence-electron chi connectivity index (χ4n) is 3.08. The van der Waals surface area contributed by atoms with Crippen LogP contribution in [0.1, 0.15) is 21.6 Å². The summed E-state index contributed by atoms with van der Waals surface area (Å²) in [6.45, 7) is 1.97. The molecule has 0 radical (unpaired) electrons. The van der Waals surface area contributed by atoms with E-state index < -0.39 is 0 Å². The topological polar surface area (TPSA) is 52.3 Å². The van der Waals surface area contributed by atoms with E-state index in [9.17, 15) is 9.18 Å². The Kier molecular flexibility index (Phi) is 4.20. The van der Waals surface area contributed by atoms with E-state index in [1.165, 1.54) is 12.1 Å². The van der Waals surface area contributed by atoms with E-state index in [4.69, 9.17) is 4.74 Å². The van der Waals surface area contributed by atoms with Crippen LogP contribution in [0.2, 0.25) is 0 Å².